The molecular formula is C35H52N3O2PS. The number of likely N-dealkylation sites (tertiary alicyclic amines) is 1. The lowest BCUT2D eigenvalue weighted by Crippen LogP contribution is -2.42. The summed E-state index contributed by atoms with van der Waals surface area (Å²) in [4.78, 5) is 8.97. The first-order valence-electron chi connectivity index (χ1n) is 14.6. The van der Waals surface area contributed by atoms with Gasteiger partial charge in [0.15, 0.2) is 5.88 Å². The van der Waals surface area contributed by atoms with Gasteiger partial charge in [-0.3, -0.25) is 4.99 Å². The third kappa shape index (κ3) is 11.9. The smallest absolute Gasteiger partial charge is 0.182 e. The van der Waals surface area contributed by atoms with Crippen LogP contribution in [0, 0.1) is 0 Å². The highest BCUT2D eigenvalue weighted by Crippen LogP contribution is 2.35. The number of hydrogen-bond acceptors (Lipinski definition) is 6. The molecule has 1 saturated heterocycles. The van der Waals surface area contributed by atoms with Gasteiger partial charge in [-0.25, -0.2) is 0 Å². The van der Waals surface area contributed by atoms with Gasteiger partial charge in [-0.1, -0.05) is 57.5 Å². The van der Waals surface area contributed by atoms with Crippen molar-refractivity contribution >= 4 is 37.3 Å². The van der Waals surface area contributed by atoms with Crippen molar-refractivity contribution in [3.05, 3.63) is 90.4 Å². The van der Waals surface area contributed by atoms with Gasteiger partial charge in [0.25, 0.3) is 0 Å². The first kappa shape index (κ1) is 35.5. The SMILES string of the molecule is C=C/C(=C\N=C(/C)C(C)(C)P)CNC(=C)c1cc(OC2CCCN(C(=C)OC(C)(C)C)C2)cc(C(=C)S/C(C)=C\C)c1. The fourth-order valence-electron chi connectivity index (χ4n) is 4.01. The predicted molar refractivity (Wildman–Crippen MR) is 190 cm³/mol. The molecule has 0 aromatic heterocycles. The summed E-state index contributed by atoms with van der Waals surface area (Å²) in [6.07, 6.45) is 7.76. The molecule has 1 aliphatic rings. The van der Waals surface area contributed by atoms with Gasteiger partial charge in [0, 0.05) is 46.3 Å². The number of allylic oxidation sites excluding steroid dienone is 2. The highest BCUT2D eigenvalue weighted by molar-refractivity contribution is 8.11. The number of ether oxygens (including phenoxy) is 2. The Morgan fingerprint density at radius 3 is 2.40 bits per heavy atom. The quantitative estimate of drug-likeness (QED) is 0.0986. The molecule has 0 amide bonds. The van der Waals surface area contributed by atoms with E-state index in [2.05, 4.69) is 95.8 Å². The van der Waals surface area contributed by atoms with E-state index in [1.807, 2.05) is 46.9 Å². The summed E-state index contributed by atoms with van der Waals surface area (Å²) in [5.41, 5.74) is 4.46. The number of benzene rings is 1. The molecule has 0 bridgehead atoms. The molecule has 42 heavy (non-hydrogen) atoms. The van der Waals surface area contributed by atoms with Crippen LogP contribution in [-0.2, 0) is 4.74 Å². The van der Waals surface area contributed by atoms with Crippen LogP contribution >= 0.6 is 21.0 Å². The Bertz CT molecular complexity index is 1250. The minimum Gasteiger partial charge on any atom is -0.489 e. The number of thioether (sulfide) groups is 1. The Morgan fingerprint density at radius 2 is 1.81 bits per heavy atom. The van der Waals surface area contributed by atoms with Crippen molar-refractivity contribution in [1.29, 1.82) is 0 Å². The van der Waals surface area contributed by atoms with Gasteiger partial charge >= 0.3 is 0 Å². The molecule has 1 fully saturated rings. The highest BCUT2D eigenvalue weighted by Gasteiger charge is 2.25. The number of rotatable bonds is 14. The van der Waals surface area contributed by atoms with Gasteiger partial charge < -0.3 is 19.7 Å². The van der Waals surface area contributed by atoms with Gasteiger partial charge in [-0.15, -0.1) is 9.24 Å². The normalized spacial score (nSPS) is 17.0. The van der Waals surface area contributed by atoms with Crippen LogP contribution in [0.1, 0.15) is 79.4 Å². The molecule has 2 unspecified atom stereocenters. The molecular weight excluding hydrogens is 557 g/mol. The molecule has 230 valence electrons. The summed E-state index contributed by atoms with van der Waals surface area (Å²) < 4.78 is 12.6. The first-order chi connectivity index (χ1) is 19.5. The first-order valence-corrected chi connectivity index (χ1v) is 15.9. The van der Waals surface area contributed by atoms with E-state index in [0.29, 0.717) is 12.4 Å². The summed E-state index contributed by atoms with van der Waals surface area (Å²) >= 11 is 1.66. The van der Waals surface area contributed by atoms with Crippen molar-refractivity contribution in [3.63, 3.8) is 0 Å². The Kier molecular flexibility index (Phi) is 13.3. The fourth-order valence-corrected chi connectivity index (χ4v) is 4.83. The number of hydrogen-bond donors (Lipinski definition) is 1. The van der Waals surface area contributed by atoms with E-state index in [1.54, 1.807) is 11.8 Å². The average molecular weight is 610 g/mol. The number of piperidine rings is 1. The second kappa shape index (κ2) is 15.7. The molecule has 0 saturated carbocycles. The molecule has 0 radical (unpaired) electrons. The Balaban J connectivity index is 2.28. The monoisotopic (exact) mass is 609 g/mol. The fraction of sp³-hybridized carbons (Fsp3) is 0.457. The molecule has 1 aromatic rings. The van der Waals surface area contributed by atoms with E-state index in [4.69, 9.17) is 9.47 Å². The maximum absolute atomic E-state index is 6.60. The molecule has 0 aliphatic carbocycles. The van der Waals surface area contributed by atoms with E-state index in [0.717, 1.165) is 64.7 Å². The summed E-state index contributed by atoms with van der Waals surface area (Å²) in [5.74, 6) is 1.49. The van der Waals surface area contributed by atoms with E-state index in [-0.39, 0.29) is 16.9 Å². The molecule has 2 rings (SSSR count). The molecule has 1 aromatic carbocycles. The molecule has 1 N–H and O–H groups in total. The molecule has 2 atom stereocenters. The third-order valence-corrected chi connectivity index (χ3v) is 8.31. The van der Waals surface area contributed by atoms with Crippen LogP contribution in [0.15, 0.2) is 84.2 Å². The Hall–Kier alpha value is -2.69. The largest absolute Gasteiger partial charge is 0.489 e. The van der Waals surface area contributed by atoms with Crippen molar-refractivity contribution in [2.24, 2.45) is 4.99 Å². The van der Waals surface area contributed by atoms with Crippen LogP contribution in [0.2, 0.25) is 0 Å². The van der Waals surface area contributed by atoms with Crippen LogP contribution in [-0.4, -0.2) is 47.1 Å². The van der Waals surface area contributed by atoms with E-state index < -0.39 is 0 Å². The molecule has 1 aliphatic heterocycles. The molecule has 1 heterocycles. The van der Waals surface area contributed by atoms with Crippen LogP contribution in [0.4, 0.5) is 0 Å². The second-order valence-electron chi connectivity index (χ2n) is 12.3. The summed E-state index contributed by atoms with van der Waals surface area (Å²) in [7, 11) is 2.82. The van der Waals surface area contributed by atoms with Crippen molar-refractivity contribution < 1.29 is 9.47 Å². The topological polar surface area (TPSA) is 46.1 Å². The zero-order chi connectivity index (χ0) is 31.7. The zero-order valence-corrected chi connectivity index (χ0v) is 29.1. The van der Waals surface area contributed by atoms with E-state index in [9.17, 15) is 0 Å². The van der Waals surface area contributed by atoms with Gasteiger partial charge in [0.05, 0.1) is 6.54 Å². The summed E-state index contributed by atoms with van der Waals surface area (Å²) in [5, 5.41) is 3.39. The minimum absolute atomic E-state index is 0.0129. The highest BCUT2D eigenvalue weighted by atomic mass is 32.2. The van der Waals surface area contributed by atoms with E-state index in [1.165, 1.54) is 4.91 Å². The number of nitrogens with one attached hydrogen (secondary N) is 1. The Morgan fingerprint density at radius 1 is 1.14 bits per heavy atom. The summed E-state index contributed by atoms with van der Waals surface area (Å²) in [6.45, 7) is 35.6. The van der Waals surface area contributed by atoms with Crippen LogP contribution < -0.4 is 10.1 Å². The Labute approximate surface area is 262 Å². The second-order valence-corrected chi connectivity index (χ2v) is 15.1. The van der Waals surface area contributed by atoms with Crippen molar-refractivity contribution in [3.8, 4) is 5.75 Å². The summed E-state index contributed by atoms with van der Waals surface area (Å²) in [6, 6.07) is 6.24. The standard InChI is InChI=1S/C35H52N3O2PS/c1-13-24(3)42-26(5)31-18-30(25(4)36-21-29(14-2)22-37-27(6)35(11,12)41)19-33(20-31)39-32-16-15-17-38(23-32)28(7)40-34(8,9)10/h13-14,18-20,22,32,36H,2,4-5,7,15-17,21,23,41H2,1,3,6,8-12H3/b24-13-,29-22+,37-27+. The lowest BCUT2D eigenvalue weighted by Gasteiger charge is -2.37. The van der Waals surface area contributed by atoms with Crippen molar-refractivity contribution in [2.75, 3.05) is 19.6 Å². The maximum atomic E-state index is 6.60. The zero-order valence-electron chi connectivity index (χ0n) is 27.1. The van der Waals surface area contributed by atoms with Crippen LogP contribution in [0.3, 0.4) is 0 Å². The lowest BCUT2D eigenvalue weighted by atomic mass is 10.1. The molecule has 5 nitrogen and oxygen atoms in total. The molecule has 7 heteroatoms. The average Bonchev–Trinajstić information content (AvgIpc) is 2.91. The van der Waals surface area contributed by atoms with Crippen molar-refractivity contribution in [1.82, 2.24) is 10.2 Å². The van der Waals surface area contributed by atoms with Gasteiger partial charge in [0.1, 0.15) is 17.5 Å². The maximum Gasteiger partial charge on any atom is 0.182 e. The van der Waals surface area contributed by atoms with E-state index >= 15 is 0 Å². The predicted octanol–water partition coefficient (Wildman–Crippen LogP) is 9.19. The van der Waals surface area contributed by atoms with Crippen LogP contribution in [0.25, 0.3) is 10.6 Å². The van der Waals surface area contributed by atoms with Crippen LogP contribution in [0.5, 0.6) is 5.75 Å². The molecule has 0 spiro atoms. The van der Waals surface area contributed by atoms with Gasteiger partial charge in [0.2, 0.25) is 0 Å². The third-order valence-electron chi connectivity index (χ3n) is 6.85. The lowest BCUT2D eigenvalue weighted by molar-refractivity contribution is -0.0168. The number of aliphatic imine (C=N–C) groups is 1. The van der Waals surface area contributed by atoms with Crippen molar-refractivity contribution in [2.45, 2.75) is 85.1 Å². The number of nitrogens with zero attached hydrogens (tertiary/aromatic N) is 2. The van der Waals surface area contributed by atoms with Gasteiger partial charge in [-0.05, 0) is 95.2 Å². The minimum atomic E-state index is -0.290. The van der Waals surface area contributed by atoms with Gasteiger partial charge in [-0.2, -0.15) is 0 Å².